The standard InChI is InChI=1S/C26H26N4O4.C2H6/c1-26(2,25(31)33-4)16-34-22-14-11-20(15-27-22)17-5-7-18(8-6-17)23-28-24(30-29-23)19-9-12-21(32-3)13-10-19;1-2/h5-15H,16H2,1-4H3,(H,28,29,30);1-2H3. The summed E-state index contributed by atoms with van der Waals surface area (Å²) in [6, 6.07) is 19.3. The van der Waals surface area contributed by atoms with E-state index in [0.717, 1.165) is 28.0 Å². The number of esters is 1. The number of carbonyl (C=O) groups excluding carboxylic acids is 1. The number of methoxy groups -OCH3 is 2. The Balaban J connectivity index is 0.00000176. The molecule has 8 heteroatoms. The largest absolute Gasteiger partial charge is 0.497 e. The first-order chi connectivity index (χ1) is 17.4. The van der Waals surface area contributed by atoms with Gasteiger partial charge in [-0.05, 0) is 49.7 Å². The molecule has 0 saturated carbocycles. The van der Waals surface area contributed by atoms with E-state index < -0.39 is 5.41 Å². The van der Waals surface area contributed by atoms with Crippen molar-refractivity contribution in [1.29, 1.82) is 0 Å². The van der Waals surface area contributed by atoms with Gasteiger partial charge in [0.2, 0.25) is 5.88 Å². The molecule has 2 aromatic carbocycles. The maximum atomic E-state index is 11.8. The van der Waals surface area contributed by atoms with E-state index in [9.17, 15) is 4.79 Å². The Morgan fingerprint density at radius 2 is 1.47 bits per heavy atom. The van der Waals surface area contributed by atoms with Gasteiger partial charge in [-0.15, -0.1) is 0 Å². The summed E-state index contributed by atoms with van der Waals surface area (Å²) >= 11 is 0. The van der Waals surface area contributed by atoms with Crippen molar-refractivity contribution < 1.29 is 19.0 Å². The summed E-state index contributed by atoms with van der Waals surface area (Å²) in [5.74, 6) is 2.22. The van der Waals surface area contributed by atoms with Crippen LogP contribution in [0, 0.1) is 5.41 Å². The minimum absolute atomic E-state index is 0.177. The van der Waals surface area contributed by atoms with Crippen molar-refractivity contribution in [3.63, 3.8) is 0 Å². The molecule has 188 valence electrons. The Kier molecular flexibility index (Phi) is 8.78. The fourth-order valence-corrected chi connectivity index (χ4v) is 3.31. The second-order valence-electron chi connectivity index (χ2n) is 8.36. The maximum Gasteiger partial charge on any atom is 0.314 e. The van der Waals surface area contributed by atoms with Crippen LogP contribution in [0.25, 0.3) is 33.9 Å². The average molecular weight is 489 g/mol. The van der Waals surface area contributed by atoms with E-state index in [1.165, 1.54) is 7.11 Å². The first-order valence-corrected chi connectivity index (χ1v) is 11.7. The van der Waals surface area contributed by atoms with Gasteiger partial charge in [-0.3, -0.25) is 9.89 Å². The molecule has 2 heterocycles. The van der Waals surface area contributed by atoms with Gasteiger partial charge >= 0.3 is 5.97 Å². The molecule has 0 spiro atoms. The summed E-state index contributed by atoms with van der Waals surface area (Å²) in [5.41, 5.74) is 3.03. The molecule has 0 saturated heterocycles. The number of benzene rings is 2. The molecule has 0 bridgehead atoms. The normalized spacial score (nSPS) is 10.7. The van der Waals surface area contributed by atoms with Crippen LogP contribution in [-0.2, 0) is 9.53 Å². The molecular weight excluding hydrogens is 456 g/mol. The minimum atomic E-state index is -0.751. The van der Waals surface area contributed by atoms with Crippen LogP contribution in [0.4, 0.5) is 0 Å². The van der Waals surface area contributed by atoms with Crippen LogP contribution in [-0.4, -0.2) is 47.0 Å². The Hall–Kier alpha value is -4.20. The van der Waals surface area contributed by atoms with Gasteiger partial charge in [0, 0.05) is 29.0 Å². The molecule has 0 aliphatic heterocycles. The minimum Gasteiger partial charge on any atom is -0.497 e. The highest BCUT2D eigenvalue weighted by molar-refractivity contribution is 5.76. The molecule has 8 nitrogen and oxygen atoms in total. The van der Waals surface area contributed by atoms with E-state index in [2.05, 4.69) is 20.2 Å². The second kappa shape index (κ2) is 12.0. The number of hydrogen-bond acceptors (Lipinski definition) is 7. The van der Waals surface area contributed by atoms with Crippen molar-refractivity contribution in [2.45, 2.75) is 27.7 Å². The van der Waals surface area contributed by atoms with Gasteiger partial charge in [0.15, 0.2) is 11.6 Å². The van der Waals surface area contributed by atoms with Crippen molar-refractivity contribution in [3.8, 4) is 45.5 Å². The van der Waals surface area contributed by atoms with E-state index in [1.807, 2.05) is 68.4 Å². The lowest BCUT2D eigenvalue weighted by Crippen LogP contribution is -2.32. The zero-order valence-corrected chi connectivity index (χ0v) is 21.5. The zero-order valence-electron chi connectivity index (χ0n) is 21.5. The Labute approximate surface area is 211 Å². The summed E-state index contributed by atoms with van der Waals surface area (Å²) in [4.78, 5) is 20.8. The number of carbonyl (C=O) groups is 1. The number of H-pyrrole nitrogens is 1. The SMILES string of the molecule is CC.COC(=O)C(C)(C)COc1ccc(-c2ccc(-c3nc(-c4ccc(OC)cc4)n[nH]3)cc2)cn1. The number of nitrogens with zero attached hydrogens (tertiary/aromatic N) is 3. The first kappa shape index (κ1) is 26.4. The summed E-state index contributed by atoms with van der Waals surface area (Å²) < 4.78 is 15.7. The quantitative estimate of drug-likeness (QED) is 0.312. The molecule has 2 aromatic heterocycles. The highest BCUT2D eigenvalue weighted by atomic mass is 16.5. The highest BCUT2D eigenvalue weighted by Crippen LogP contribution is 2.26. The number of pyridine rings is 1. The predicted molar refractivity (Wildman–Crippen MR) is 140 cm³/mol. The van der Waals surface area contributed by atoms with Gasteiger partial charge in [0.1, 0.15) is 12.4 Å². The summed E-state index contributed by atoms with van der Waals surface area (Å²) in [5, 5.41) is 7.33. The fraction of sp³-hybridized carbons (Fsp3) is 0.286. The number of rotatable bonds is 8. The monoisotopic (exact) mass is 488 g/mol. The highest BCUT2D eigenvalue weighted by Gasteiger charge is 2.29. The van der Waals surface area contributed by atoms with Crippen LogP contribution in [0.15, 0.2) is 66.9 Å². The van der Waals surface area contributed by atoms with Crippen molar-refractivity contribution in [3.05, 3.63) is 66.9 Å². The molecule has 36 heavy (non-hydrogen) atoms. The lowest BCUT2D eigenvalue weighted by molar-refractivity contribution is -0.152. The molecule has 0 radical (unpaired) electrons. The van der Waals surface area contributed by atoms with Crippen LogP contribution < -0.4 is 9.47 Å². The van der Waals surface area contributed by atoms with Gasteiger partial charge in [-0.2, -0.15) is 5.10 Å². The molecule has 0 atom stereocenters. The van der Waals surface area contributed by atoms with Gasteiger partial charge in [0.25, 0.3) is 0 Å². The predicted octanol–water partition coefficient (Wildman–Crippen LogP) is 5.81. The third-order valence-electron chi connectivity index (χ3n) is 5.38. The molecule has 0 fully saturated rings. The van der Waals surface area contributed by atoms with E-state index in [0.29, 0.717) is 17.5 Å². The first-order valence-electron chi connectivity index (χ1n) is 11.7. The average Bonchev–Trinajstić information content (AvgIpc) is 3.43. The van der Waals surface area contributed by atoms with E-state index in [1.54, 1.807) is 33.2 Å². The van der Waals surface area contributed by atoms with Crippen molar-refractivity contribution >= 4 is 5.97 Å². The van der Waals surface area contributed by atoms with Gasteiger partial charge < -0.3 is 14.2 Å². The van der Waals surface area contributed by atoms with Crippen molar-refractivity contribution in [1.82, 2.24) is 20.2 Å². The molecule has 0 aliphatic rings. The van der Waals surface area contributed by atoms with Crippen LogP contribution >= 0.6 is 0 Å². The van der Waals surface area contributed by atoms with E-state index in [4.69, 9.17) is 14.2 Å². The van der Waals surface area contributed by atoms with Gasteiger partial charge in [-0.25, -0.2) is 9.97 Å². The molecule has 0 unspecified atom stereocenters. The Morgan fingerprint density at radius 3 is 2.06 bits per heavy atom. The lowest BCUT2D eigenvalue weighted by Gasteiger charge is -2.21. The van der Waals surface area contributed by atoms with Crippen molar-refractivity contribution in [2.75, 3.05) is 20.8 Å². The van der Waals surface area contributed by atoms with Crippen molar-refractivity contribution in [2.24, 2.45) is 5.41 Å². The van der Waals surface area contributed by atoms with Crippen LogP contribution in [0.3, 0.4) is 0 Å². The molecule has 4 aromatic rings. The molecule has 0 aliphatic carbocycles. The molecule has 0 amide bonds. The second-order valence-corrected chi connectivity index (χ2v) is 8.36. The third kappa shape index (κ3) is 6.27. The third-order valence-corrected chi connectivity index (χ3v) is 5.38. The number of ether oxygens (including phenoxy) is 3. The molecule has 4 rings (SSSR count). The topological polar surface area (TPSA) is 99.2 Å². The molecular formula is C28H32N4O4. The van der Waals surface area contributed by atoms with Gasteiger partial charge in [0.05, 0.1) is 19.6 Å². The maximum absolute atomic E-state index is 11.8. The number of aromatic amines is 1. The smallest absolute Gasteiger partial charge is 0.314 e. The summed E-state index contributed by atoms with van der Waals surface area (Å²) in [6.45, 7) is 7.71. The van der Waals surface area contributed by atoms with Crippen LogP contribution in [0.2, 0.25) is 0 Å². The van der Waals surface area contributed by atoms with Crippen LogP contribution in [0.5, 0.6) is 11.6 Å². The number of hydrogen-bond donors (Lipinski definition) is 1. The summed E-state index contributed by atoms with van der Waals surface area (Å²) in [6.07, 6.45) is 1.74. The van der Waals surface area contributed by atoms with E-state index in [-0.39, 0.29) is 12.6 Å². The Bertz CT molecular complexity index is 1250. The van der Waals surface area contributed by atoms with Gasteiger partial charge in [-0.1, -0.05) is 38.1 Å². The molecule has 1 N–H and O–H groups in total. The number of nitrogens with one attached hydrogen (secondary N) is 1. The number of aromatic nitrogens is 4. The van der Waals surface area contributed by atoms with E-state index >= 15 is 0 Å². The lowest BCUT2D eigenvalue weighted by atomic mass is 9.95. The zero-order chi connectivity index (χ0) is 26.1. The van der Waals surface area contributed by atoms with Crippen LogP contribution in [0.1, 0.15) is 27.7 Å². The Morgan fingerprint density at radius 1 is 0.861 bits per heavy atom. The summed E-state index contributed by atoms with van der Waals surface area (Å²) in [7, 11) is 3.00. The fourth-order valence-electron chi connectivity index (χ4n) is 3.31.